The number of amides is 1. The third kappa shape index (κ3) is 4.38. The summed E-state index contributed by atoms with van der Waals surface area (Å²) in [6, 6.07) is 8.93. The topological polar surface area (TPSA) is 92.9 Å². The fraction of sp³-hybridized carbons (Fsp3) is 0.529. The van der Waals surface area contributed by atoms with E-state index in [9.17, 15) is 9.90 Å². The highest BCUT2D eigenvalue weighted by Gasteiger charge is 2.27. The van der Waals surface area contributed by atoms with Gasteiger partial charge in [0.25, 0.3) is 0 Å². The third-order valence-corrected chi connectivity index (χ3v) is 3.86. The maximum Gasteiger partial charge on any atom is 0.247 e. The maximum atomic E-state index is 12.5. The van der Waals surface area contributed by atoms with Gasteiger partial charge in [0.15, 0.2) is 6.04 Å². The molecule has 0 saturated heterocycles. The van der Waals surface area contributed by atoms with E-state index in [1.165, 1.54) is 4.80 Å². The second-order valence-corrected chi connectivity index (χ2v) is 6.54. The fourth-order valence-corrected chi connectivity index (χ4v) is 2.27. The zero-order valence-electron chi connectivity index (χ0n) is 14.5. The molecule has 0 fully saturated rings. The van der Waals surface area contributed by atoms with Crippen molar-refractivity contribution >= 4 is 5.91 Å². The normalized spacial score (nSPS) is 14.0. The Kier molecular flexibility index (Phi) is 6.03. The van der Waals surface area contributed by atoms with Gasteiger partial charge in [0.2, 0.25) is 11.7 Å². The number of aliphatic hydroxyl groups is 1. The first-order valence-corrected chi connectivity index (χ1v) is 8.20. The van der Waals surface area contributed by atoms with Crippen molar-refractivity contribution in [2.24, 2.45) is 11.8 Å². The van der Waals surface area contributed by atoms with Crippen molar-refractivity contribution in [3.63, 3.8) is 0 Å². The van der Waals surface area contributed by atoms with Crippen molar-refractivity contribution in [1.82, 2.24) is 25.5 Å². The molecule has 2 N–H and O–H groups in total. The number of hydrogen-bond acceptors (Lipinski definition) is 5. The van der Waals surface area contributed by atoms with Gasteiger partial charge < -0.3 is 10.4 Å². The van der Waals surface area contributed by atoms with Crippen molar-refractivity contribution in [2.75, 3.05) is 6.54 Å². The molecule has 2 unspecified atom stereocenters. The number of aromatic nitrogens is 4. The van der Waals surface area contributed by atoms with Gasteiger partial charge in [-0.2, -0.15) is 4.80 Å². The summed E-state index contributed by atoms with van der Waals surface area (Å²) in [5, 5.41) is 25.1. The molecule has 1 heterocycles. The van der Waals surface area contributed by atoms with Crippen LogP contribution in [0.1, 0.15) is 33.7 Å². The van der Waals surface area contributed by atoms with E-state index in [1.54, 1.807) is 0 Å². The number of rotatable bonds is 7. The van der Waals surface area contributed by atoms with Crippen LogP contribution in [-0.4, -0.2) is 43.9 Å². The highest BCUT2D eigenvalue weighted by atomic mass is 16.3. The van der Waals surface area contributed by atoms with Gasteiger partial charge in [-0.25, -0.2) is 0 Å². The molecular weight excluding hydrogens is 306 g/mol. The Labute approximate surface area is 142 Å². The van der Waals surface area contributed by atoms with Crippen LogP contribution in [0.15, 0.2) is 30.3 Å². The average Bonchev–Trinajstić information content (AvgIpc) is 3.02. The van der Waals surface area contributed by atoms with E-state index in [-0.39, 0.29) is 24.3 Å². The molecule has 7 heteroatoms. The van der Waals surface area contributed by atoms with E-state index in [4.69, 9.17) is 0 Å². The molecule has 0 aliphatic carbocycles. The van der Waals surface area contributed by atoms with Crippen LogP contribution >= 0.6 is 0 Å². The van der Waals surface area contributed by atoms with Gasteiger partial charge in [0.05, 0.1) is 6.10 Å². The summed E-state index contributed by atoms with van der Waals surface area (Å²) < 4.78 is 0. The van der Waals surface area contributed by atoms with E-state index >= 15 is 0 Å². The Morgan fingerprint density at radius 1 is 1.17 bits per heavy atom. The minimum Gasteiger partial charge on any atom is -0.391 e. The van der Waals surface area contributed by atoms with Crippen LogP contribution in [0.4, 0.5) is 0 Å². The van der Waals surface area contributed by atoms with Gasteiger partial charge in [-0.3, -0.25) is 4.79 Å². The van der Waals surface area contributed by atoms with Crippen LogP contribution in [0.5, 0.6) is 0 Å². The number of nitrogens with zero attached hydrogens (tertiary/aromatic N) is 4. The Morgan fingerprint density at radius 3 is 2.42 bits per heavy atom. The summed E-state index contributed by atoms with van der Waals surface area (Å²) in [7, 11) is 0. The molecular formula is C17H25N5O2. The first-order valence-electron chi connectivity index (χ1n) is 8.20. The van der Waals surface area contributed by atoms with Gasteiger partial charge in [-0.1, -0.05) is 58.0 Å². The number of benzene rings is 1. The van der Waals surface area contributed by atoms with Crippen LogP contribution in [0, 0.1) is 11.8 Å². The van der Waals surface area contributed by atoms with Crippen molar-refractivity contribution in [3.8, 4) is 11.4 Å². The first-order chi connectivity index (χ1) is 11.4. The minimum atomic E-state index is -0.578. The lowest BCUT2D eigenvalue weighted by Gasteiger charge is -2.21. The molecule has 1 amide bonds. The number of carbonyl (C=O) groups is 1. The Hall–Kier alpha value is -2.28. The second-order valence-electron chi connectivity index (χ2n) is 6.54. The zero-order chi connectivity index (χ0) is 17.7. The van der Waals surface area contributed by atoms with E-state index < -0.39 is 12.1 Å². The molecule has 24 heavy (non-hydrogen) atoms. The lowest BCUT2D eigenvalue weighted by Crippen LogP contribution is -2.41. The summed E-state index contributed by atoms with van der Waals surface area (Å²) in [5.41, 5.74) is 0.849. The van der Waals surface area contributed by atoms with Crippen LogP contribution < -0.4 is 5.32 Å². The lowest BCUT2D eigenvalue weighted by atomic mass is 10.0. The number of tetrazole rings is 1. The molecule has 0 bridgehead atoms. The zero-order valence-corrected chi connectivity index (χ0v) is 14.5. The number of hydrogen-bond donors (Lipinski definition) is 2. The van der Waals surface area contributed by atoms with Gasteiger partial charge in [-0.15, -0.1) is 10.2 Å². The van der Waals surface area contributed by atoms with E-state index in [1.807, 2.05) is 58.0 Å². The monoisotopic (exact) mass is 331 g/mol. The van der Waals surface area contributed by atoms with Gasteiger partial charge in [-0.05, 0) is 17.0 Å². The summed E-state index contributed by atoms with van der Waals surface area (Å²) in [4.78, 5) is 13.9. The van der Waals surface area contributed by atoms with Crippen LogP contribution in [0.25, 0.3) is 11.4 Å². The van der Waals surface area contributed by atoms with Crippen LogP contribution in [0.2, 0.25) is 0 Å². The van der Waals surface area contributed by atoms with Crippen molar-refractivity contribution in [3.05, 3.63) is 30.3 Å². The molecule has 0 radical (unpaired) electrons. The predicted molar refractivity (Wildman–Crippen MR) is 91.0 cm³/mol. The van der Waals surface area contributed by atoms with Gasteiger partial charge in [0, 0.05) is 12.1 Å². The first kappa shape index (κ1) is 18.1. The van der Waals surface area contributed by atoms with Crippen LogP contribution in [-0.2, 0) is 4.79 Å². The van der Waals surface area contributed by atoms with E-state index in [0.29, 0.717) is 5.82 Å². The van der Waals surface area contributed by atoms with Crippen molar-refractivity contribution < 1.29 is 9.90 Å². The number of nitrogens with one attached hydrogen (secondary N) is 1. The molecule has 0 aliphatic rings. The van der Waals surface area contributed by atoms with E-state index in [0.717, 1.165) is 5.56 Å². The average molecular weight is 331 g/mol. The number of carbonyl (C=O) groups excluding carboxylic acids is 1. The molecule has 0 saturated carbocycles. The van der Waals surface area contributed by atoms with Gasteiger partial charge >= 0.3 is 0 Å². The van der Waals surface area contributed by atoms with Crippen LogP contribution in [0.3, 0.4) is 0 Å². The maximum absolute atomic E-state index is 12.5. The Morgan fingerprint density at radius 2 is 1.83 bits per heavy atom. The predicted octanol–water partition coefficient (Wildman–Crippen LogP) is 1.67. The minimum absolute atomic E-state index is 0.0148. The molecule has 2 atom stereocenters. The molecule has 2 rings (SSSR count). The summed E-state index contributed by atoms with van der Waals surface area (Å²) in [6.07, 6.45) is -0.578. The fourth-order valence-electron chi connectivity index (χ4n) is 2.27. The van der Waals surface area contributed by atoms with Gasteiger partial charge in [0.1, 0.15) is 0 Å². The second kappa shape index (κ2) is 8.01. The van der Waals surface area contributed by atoms with E-state index in [2.05, 4.69) is 20.7 Å². The standard InChI is InChI=1S/C17H25N5O2/c1-11(2)14(23)10-18-17(24)15(12(3)4)22-20-16(19-21-22)13-8-6-5-7-9-13/h5-9,11-12,14-15,23H,10H2,1-4H3,(H,18,24). The molecule has 0 aliphatic heterocycles. The highest BCUT2D eigenvalue weighted by molar-refractivity contribution is 5.80. The summed E-state index contributed by atoms with van der Waals surface area (Å²) in [6.45, 7) is 7.87. The molecule has 0 spiro atoms. The number of aliphatic hydroxyl groups excluding tert-OH is 1. The molecule has 2 aromatic rings. The highest BCUT2D eigenvalue weighted by Crippen LogP contribution is 2.18. The molecule has 1 aromatic carbocycles. The Bertz CT molecular complexity index is 654. The van der Waals surface area contributed by atoms with Crippen molar-refractivity contribution in [2.45, 2.75) is 39.8 Å². The molecule has 1 aromatic heterocycles. The van der Waals surface area contributed by atoms with Crippen molar-refractivity contribution in [1.29, 1.82) is 0 Å². The molecule has 130 valence electrons. The summed E-state index contributed by atoms with van der Waals surface area (Å²) >= 11 is 0. The quantitative estimate of drug-likeness (QED) is 0.805. The third-order valence-electron chi connectivity index (χ3n) is 3.86. The summed E-state index contributed by atoms with van der Waals surface area (Å²) in [5.74, 6) is 0.328. The smallest absolute Gasteiger partial charge is 0.247 e. The lowest BCUT2D eigenvalue weighted by molar-refractivity contribution is -0.126. The SMILES string of the molecule is CC(C)C(O)CNC(=O)C(C(C)C)n1nnc(-c2ccccc2)n1. The largest absolute Gasteiger partial charge is 0.391 e. The Balaban J connectivity index is 2.13. The molecule has 7 nitrogen and oxygen atoms in total.